The number of methoxy groups -OCH3 is 2. The number of carbonyl (C=O) groups excluding carboxylic acids is 3. The van der Waals surface area contributed by atoms with Crippen molar-refractivity contribution in [1.29, 1.82) is 0 Å². The number of esters is 1. The second-order valence-corrected chi connectivity index (χ2v) is 7.43. The first-order valence-corrected chi connectivity index (χ1v) is 8.66. The van der Waals surface area contributed by atoms with Crippen LogP contribution in [0.25, 0.3) is 6.08 Å². The molecule has 0 radical (unpaired) electrons. The number of carbonyl (C=O) groups is 3. The summed E-state index contributed by atoms with van der Waals surface area (Å²) in [6.07, 6.45) is 1.54. The van der Waals surface area contributed by atoms with Crippen LogP contribution in [0.2, 0.25) is 0 Å². The topological polar surface area (TPSA) is 82.1 Å². The van der Waals surface area contributed by atoms with E-state index in [-0.39, 0.29) is 4.91 Å². The van der Waals surface area contributed by atoms with E-state index in [4.69, 9.17) is 14.2 Å². The highest BCUT2D eigenvalue weighted by Crippen LogP contribution is 2.37. The SMILES string of the molecule is COc1cccc(/C=C2\SC(=O)N(CC(=O)OC(C)(C)C)C2=O)c1OC. The predicted octanol–water partition coefficient (Wildman–Crippen LogP) is 3.08. The van der Waals surface area contributed by atoms with E-state index >= 15 is 0 Å². The number of rotatable bonds is 5. The number of para-hydroxylation sites is 1. The average molecular weight is 379 g/mol. The van der Waals surface area contributed by atoms with Crippen molar-refractivity contribution in [2.24, 2.45) is 0 Å². The van der Waals surface area contributed by atoms with Crippen LogP contribution in [0, 0.1) is 0 Å². The van der Waals surface area contributed by atoms with Crippen LogP contribution in [0.3, 0.4) is 0 Å². The molecule has 1 heterocycles. The molecule has 0 aliphatic carbocycles. The lowest BCUT2D eigenvalue weighted by Gasteiger charge is -2.21. The molecule has 0 spiro atoms. The predicted molar refractivity (Wildman–Crippen MR) is 98.1 cm³/mol. The largest absolute Gasteiger partial charge is 0.493 e. The standard InChI is InChI=1S/C18H21NO6S/c1-18(2,3)25-14(20)10-19-16(21)13(26-17(19)22)9-11-7-6-8-12(23-4)15(11)24-5/h6-9H,10H2,1-5H3/b13-9-. The molecule has 2 rings (SSSR count). The number of amides is 2. The summed E-state index contributed by atoms with van der Waals surface area (Å²) in [5.41, 5.74) is -0.0996. The Bertz CT molecular complexity index is 765. The zero-order chi connectivity index (χ0) is 19.5. The zero-order valence-corrected chi connectivity index (χ0v) is 16.1. The highest BCUT2D eigenvalue weighted by Gasteiger charge is 2.37. The summed E-state index contributed by atoms with van der Waals surface area (Å²) in [7, 11) is 3.00. The minimum Gasteiger partial charge on any atom is -0.493 e. The molecule has 0 bridgehead atoms. The van der Waals surface area contributed by atoms with Gasteiger partial charge in [0.05, 0.1) is 19.1 Å². The molecular weight excluding hydrogens is 358 g/mol. The molecule has 2 amide bonds. The molecule has 1 fully saturated rings. The van der Waals surface area contributed by atoms with E-state index in [2.05, 4.69) is 0 Å². The number of benzene rings is 1. The van der Waals surface area contributed by atoms with Crippen molar-refractivity contribution in [3.63, 3.8) is 0 Å². The molecule has 8 heteroatoms. The Morgan fingerprint density at radius 3 is 2.46 bits per heavy atom. The van der Waals surface area contributed by atoms with Crippen molar-refractivity contribution in [3.05, 3.63) is 28.7 Å². The second kappa shape index (κ2) is 7.82. The Balaban J connectivity index is 2.23. The van der Waals surface area contributed by atoms with Gasteiger partial charge >= 0.3 is 5.97 Å². The van der Waals surface area contributed by atoms with Gasteiger partial charge in [-0.15, -0.1) is 0 Å². The highest BCUT2D eigenvalue weighted by molar-refractivity contribution is 8.18. The van der Waals surface area contributed by atoms with Gasteiger partial charge in [0.2, 0.25) is 0 Å². The zero-order valence-electron chi connectivity index (χ0n) is 15.3. The van der Waals surface area contributed by atoms with Gasteiger partial charge in [-0.1, -0.05) is 12.1 Å². The van der Waals surface area contributed by atoms with Crippen molar-refractivity contribution < 1.29 is 28.6 Å². The molecule has 140 valence electrons. The van der Waals surface area contributed by atoms with E-state index in [1.54, 1.807) is 45.0 Å². The monoisotopic (exact) mass is 379 g/mol. The molecule has 7 nitrogen and oxygen atoms in total. The molecule has 0 N–H and O–H groups in total. The van der Waals surface area contributed by atoms with Crippen molar-refractivity contribution in [2.45, 2.75) is 26.4 Å². The van der Waals surface area contributed by atoms with Gasteiger partial charge in [0, 0.05) is 5.56 Å². The molecule has 0 atom stereocenters. The van der Waals surface area contributed by atoms with E-state index < -0.39 is 29.3 Å². The van der Waals surface area contributed by atoms with Gasteiger partial charge < -0.3 is 14.2 Å². The maximum atomic E-state index is 12.5. The first-order chi connectivity index (χ1) is 12.2. The molecule has 1 aliphatic heterocycles. The number of hydrogen-bond donors (Lipinski definition) is 0. The maximum Gasteiger partial charge on any atom is 0.326 e. The van der Waals surface area contributed by atoms with Crippen molar-refractivity contribution in [1.82, 2.24) is 4.90 Å². The van der Waals surface area contributed by atoms with Crippen LogP contribution < -0.4 is 9.47 Å². The Hall–Kier alpha value is -2.48. The number of thioether (sulfide) groups is 1. The van der Waals surface area contributed by atoms with Crippen LogP contribution in [0.15, 0.2) is 23.1 Å². The molecule has 26 heavy (non-hydrogen) atoms. The van der Waals surface area contributed by atoms with Crippen molar-refractivity contribution in [2.75, 3.05) is 20.8 Å². The van der Waals surface area contributed by atoms with Gasteiger partial charge in [0.25, 0.3) is 11.1 Å². The van der Waals surface area contributed by atoms with Crippen molar-refractivity contribution >= 4 is 35.0 Å². The van der Waals surface area contributed by atoms with Crippen LogP contribution in [0.5, 0.6) is 11.5 Å². The van der Waals surface area contributed by atoms with Crippen LogP contribution >= 0.6 is 11.8 Å². The Morgan fingerprint density at radius 1 is 1.19 bits per heavy atom. The number of hydrogen-bond acceptors (Lipinski definition) is 7. The molecule has 1 aromatic carbocycles. The maximum absolute atomic E-state index is 12.5. The molecule has 1 aromatic rings. The average Bonchev–Trinajstić information content (AvgIpc) is 2.80. The molecule has 0 saturated carbocycles. The van der Waals surface area contributed by atoms with Gasteiger partial charge in [-0.2, -0.15) is 0 Å². The third kappa shape index (κ3) is 4.57. The Kier molecular flexibility index (Phi) is 5.97. The fourth-order valence-corrected chi connectivity index (χ4v) is 3.14. The van der Waals surface area contributed by atoms with E-state index in [1.165, 1.54) is 14.2 Å². The summed E-state index contributed by atoms with van der Waals surface area (Å²) in [6, 6.07) is 5.21. The summed E-state index contributed by atoms with van der Waals surface area (Å²) >= 11 is 0.764. The first kappa shape index (κ1) is 19.8. The van der Waals surface area contributed by atoms with Crippen LogP contribution in [0.1, 0.15) is 26.3 Å². The summed E-state index contributed by atoms with van der Waals surface area (Å²) < 4.78 is 15.7. The quantitative estimate of drug-likeness (QED) is 0.574. The fraction of sp³-hybridized carbons (Fsp3) is 0.389. The van der Waals surface area contributed by atoms with Gasteiger partial charge in [0.1, 0.15) is 12.1 Å². The lowest BCUT2D eigenvalue weighted by molar-refractivity contribution is -0.156. The molecule has 0 unspecified atom stereocenters. The summed E-state index contributed by atoms with van der Waals surface area (Å²) in [4.78, 5) is 37.6. The molecular formula is C18H21NO6S. The third-order valence-corrected chi connectivity index (χ3v) is 4.21. The highest BCUT2D eigenvalue weighted by atomic mass is 32.2. The van der Waals surface area contributed by atoms with Crippen LogP contribution in [0.4, 0.5) is 4.79 Å². The van der Waals surface area contributed by atoms with Gasteiger partial charge in [0.15, 0.2) is 11.5 Å². The summed E-state index contributed by atoms with van der Waals surface area (Å²) in [5.74, 6) is -0.223. The minimum atomic E-state index is -0.692. The number of ether oxygens (including phenoxy) is 3. The minimum absolute atomic E-state index is 0.199. The lowest BCUT2D eigenvalue weighted by Crippen LogP contribution is -2.37. The summed E-state index contributed by atoms with van der Waals surface area (Å²) in [6.45, 7) is 4.73. The van der Waals surface area contributed by atoms with Crippen LogP contribution in [-0.4, -0.2) is 48.4 Å². The van der Waals surface area contributed by atoms with Gasteiger partial charge in [-0.3, -0.25) is 19.3 Å². The molecule has 0 aromatic heterocycles. The van der Waals surface area contributed by atoms with Gasteiger partial charge in [-0.05, 0) is 44.7 Å². The van der Waals surface area contributed by atoms with E-state index in [1.807, 2.05) is 0 Å². The molecule has 1 saturated heterocycles. The first-order valence-electron chi connectivity index (χ1n) is 7.84. The Morgan fingerprint density at radius 2 is 1.88 bits per heavy atom. The summed E-state index contributed by atoms with van der Waals surface area (Å²) in [5, 5.41) is -0.519. The number of imide groups is 1. The van der Waals surface area contributed by atoms with Gasteiger partial charge in [-0.25, -0.2) is 0 Å². The van der Waals surface area contributed by atoms with E-state index in [9.17, 15) is 14.4 Å². The Labute approximate surface area is 156 Å². The normalized spacial score (nSPS) is 16.2. The molecule has 1 aliphatic rings. The van der Waals surface area contributed by atoms with Crippen LogP contribution in [-0.2, 0) is 14.3 Å². The third-order valence-electron chi connectivity index (χ3n) is 3.30. The van der Waals surface area contributed by atoms with E-state index in [0.717, 1.165) is 16.7 Å². The smallest absolute Gasteiger partial charge is 0.326 e. The lowest BCUT2D eigenvalue weighted by atomic mass is 10.1. The van der Waals surface area contributed by atoms with E-state index in [0.29, 0.717) is 17.1 Å². The van der Waals surface area contributed by atoms with Crippen molar-refractivity contribution in [3.8, 4) is 11.5 Å². The number of nitrogens with zero attached hydrogens (tertiary/aromatic N) is 1. The second-order valence-electron chi connectivity index (χ2n) is 6.44. The fourth-order valence-electron chi connectivity index (χ4n) is 2.31.